The molecule has 1 aliphatic carbocycles. The van der Waals surface area contributed by atoms with E-state index in [0.29, 0.717) is 0 Å². The van der Waals surface area contributed by atoms with Gasteiger partial charge in [-0.1, -0.05) is 42.1 Å². The highest BCUT2D eigenvalue weighted by atomic mass is 32.2. The highest BCUT2D eigenvalue weighted by Crippen LogP contribution is 2.30. The zero-order valence-corrected chi connectivity index (χ0v) is 14.9. The molecular formula is C19H20N4OS. The molecule has 2 atom stereocenters. The Hall–Kier alpha value is -2.34. The van der Waals surface area contributed by atoms with Crippen LogP contribution in [-0.2, 0) is 11.2 Å². The molecule has 0 radical (unpaired) electrons. The number of amides is 1. The number of aromatic nitrogens is 3. The van der Waals surface area contributed by atoms with Crippen molar-refractivity contribution in [1.82, 2.24) is 19.9 Å². The molecule has 0 bridgehead atoms. The largest absolute Gasteiger partial charge is 0.348 e. The van der Waals surface area contributed by atoms with Crippen LogP contribution in [0.25, 0.3) is 5.65 Å². The van der Waals surface area contributed by atoms with Gasteiger partial charge < -0.3 is 5.32 Å². The maximum absolute atomic E-state index is 12.7. The topological polar surface area (TPSA) is 59.3 Å². The molecule has 0 spiro atoms. The summed E-state index contributed by atoms with van der Waals surface area (Å²) in [6.45, 7) is 1.92. The number of rotatable bonds is 4. The number of nitrogens with one attached hydrogen (secondary N) is 1. The Labute approximate surface area is 150 Å². The number of thioether (sulfide) groups is 1. The standard InChI is InChI=1S/C19H20N4OS/c1-13(25-19-22-21-17-11-4-5-12-23(17)19)18(24)20-16-10-6-8-14-7-2-3-9-15(14)16/h2-5,7,9,11-13,16H,6,8,10H2,1H3,(H,20,24)/t13-,16+/m0/s1. The fraction of sp³-hybridized carbons (Fsp3) is 0.316. The molecular weight excluding hydrogens is 332 g/mol. The van der Waals surface area contributed by atoms with Gasteiger partial charge in [0, 0.05) is 6.20 Å². The summed E-state index contributed by atoms with van der Waals surface area (Å²) in [5.74, 6) is 0.0411. The van der Waals surface area contributed by atoms with Crippen molar-refractivity contribution in [1.29, 1.82) is 0 Å². The van der Waals surface area contributed by atoms with E-state index in [9.17, 15) is 4.79 Å². The molecule has 1 amide bonds. The van der Waals surface area contributed by atoms with E-state index in [1.54, 1.807) is 0 Å². The van der Waals surface area contributed by atoms with Crippen LogP contribution in [0.5, 0.6) is 0 Å². The zero-order chi connectivity index (χ0) is 17.2. The van der Waals surface area contributed by atoms with Gasteiger partial charge in [-0.2, -0.15) is 0 Å². The van der Waals surface area contributed by atoms with Gasteiger partial charge >= 0.3 is 0 Å². The van der Waals surface area contributed by atoms with Gasteiger partial charge in [-0.05, 0) is 49.4 Å². The van der Waals surface area contributed by atoms with Gasteiger partial charge in [0.15, 0.2) is 10.8 Å². The summed E-state index contributed by atoms with van der Waals surface area (Å²) in [4.78, 5) is 12.7. The molecule has 1 N–H and O–H groups in total. The molecule has 4 rings (SSSR count). The van der Waals surface area contributed by atoms with Gasteiger partial charge in [-0.25, -0.2) is 0 Å². The number of benzene rings is 1. The van der Waals surface area contributed by atoms with Gasteiger partial charge in [0.25, 0.3) is 0 Å². The van der Waals surface area contributed by atoms with Crippen LogP contribution in [0, 0.1) is 0 Å². The summed E-state index contributed by atoms with van der Waals surface area (Å²) in [7, 11) is 0. The Bertz CT molecular complexity index is 907. The first kappa shape index (κ1) is 16.1. The molecule has 5 nitrogen and oxygen atoms in total. The maximum atomic E-state index is 12.7. The first-order chi connectivity index (χ1) is 12.2. The third-order valence-electron chi connectivity index (χ3n) is 4.62. The van der Waals surface area contributed by atoms with Crippen LogP contribution in [0.2, 0.25) is 0 Å². The summed E-state index contributed by atoms with van der Waals surface area (Å²) in [5.41, 5.74) is 3.40. The third-order valence-corrected chi connectivity index (χ3v) is 5.68. The number of nitrogens with zero attached hydrogens (tertiary/aromatic N) is 3. The number of carbonyl (C=O) groups is 1. The molecule has 1 aromatic carbocycles. The van der Waals surface area contributed by atoms with E-state index in [1.807, 2.05) is 41.8 Å². The monoisotopic (exact) mass is 352 g/mol. The van der Waals surface area contributed by atoms with E-state index in [2.05, 4.69) is 33.7 Å². The van der Waals surface area contributed by atoms with Crippen LogP contribution in [0.4, 0.5) is 0 Å². The summed E-state index contributed by atoms with van der Waals surface area (Å²) >= 11 is 1.44. The van der Waals surface area contributed by atoms with Crippen molar-refractivity contribution in [2.75, 3.05) is 0 Å². The Morgan fingerprint density at radius 3 is 3.00 bits per heavy atom. The molecule has 128 valence electrons. The zero-order valence-electron chi connectivity index (χ0n) is 14.1. The van der Waals surface area contributed by atoms with Crippen LogP contribution in [0.15, 0.2) is 53.8 Å². The Kier molecular flexibility index (Phi) is 4.44. The van der Waals surface area contributed by atoms with Crippen molar-refractivity contribution < 1.29 is 4.79 Å². The average Bonchev–Trinajstić information content (AvgIpc) is 3.05. The fourth-order valence-corrected chi connectivity index (χ4v) is 4.15. The number of hydrogen-bond donors (Lipinski definition) is 1. The molecule has 0 saturated heterocycles. The van der Waals surface area contributed by atoms with Gasteiger partial charge in [0.05, 0.1) is 11.3 Å². The molecule has 25 heavy (non-hydrogen) atoms. The van der Waals surface area contributed by atoms with Crippen molar-refractivity contribution in [3.63, 3.8) is 0 Å². The highest BCUT2D eigenvalue weighted by Gasteiger charge is 2.24. The number of hydrogen-bond acceptors (Lipinski definition) is 4. The molecule has 0 aliphatic heterocycles. The van der Waals surface area contributed by atoms with Crippen molar-refractivity contribution in [2.45, 2.75) is 42.6 Å². The van der Waals surface area contributed by atoms with Crippen molar-refractivity contribution in [3.8, 4) is 0 Å². The molecule has 6 heteroatoms. The average molecular weight is 352 g/mol. The SMILES string of the molecule is C[C@H](Sc1nnc2ccccn12)C(=O)N[C@@H]1CCCc2ccccc21. The Balaban J connectivity index is 1.46. The van der Waals surface area contributed by atoms with E-state index in [0.717, 1.165) is 30.1 Å². The minimum Gasteiger partial charge on any atom is -0.348 e. The second-order valence-electron chi connectivity index (χ2n) is 6.32. The molecule has 2 aromatic heterocycles. The Morgan fingerprint density at radius 1 is 1.24 bits per heavy atom. The van der Waals surface area contributed by atoms with Gasteiger partial charge in [-0.15, -0.1) is 10.2 Å². The number of fused-ring (bicyclic) bond motifs is 2. The van der Waals surface area contributed by atoms with E-state index >= 15 is 0 Å². The predicted octanol–water partition coefficient (Wildman–Crippen LogP) is 3.40. The summed E-state index contributed by atoms with van der Waals surface area (Å²) < 4.78 is 1.91. The lowest BCUT2D eigenvalue weighted by Gasteiger charge is -2.27. The summed E-state index contributed by atoms with van der Waals surface area (Å²) in [6.07, 6.45) is 5.12. The first-order valence-electron chi connectivity index (χ1n) is 8.57. The minimum atomic E-state index is -0.235. The van der Waals surface area contributed by atoms with Gasteiger partial charge in [0.1, 0.15) is 0 Å². The molecule has 0 fully saturated rings. The summed E-state index contributed by atoms with van der Waals surface area (Å²) in [5, 5.41) is 12.1. The molecule has 0 unspecified atom stereocenters. The lowest BCUT2D eigenvalue weighted by Crippen LogP contribution is -2.36. The smallest absolute Gasteiger partial charge is 0.233 e. The number of aryl methyl sites for hydroxylation is 1. The van der Waals surface area contributed by atoms with E-state index in [4.69, 9.17) is 0 Å². The van der Waals surface area contributed by atoms with Crippen LogP contribution in [-0.4, -0.2) is 25.8 Å². The fourth-order valence-electron chi connectivity index (χ4n) is 3.30. The minimum absolute atomic E-state index is 0.0411. The normalized spacial score (nSPS) is 17.9. The van der Waals surface area contributed by atoms with E-state index < -0.39 is 0 Å². The molecule has 3 aromatic rings. The lowest BCUT2D eigenvalue weighted by atomic mass is 9.88. The van der Waals surface area contributed by atoms with Gasteiger partial charge in [-0.3, -0.25) is 9.20 Å². The van der Waals surface area contributed by atoms with Crippen LogP contribution >= 0.6 is 11.8 Å². The number of carbonyl (C=O) groups excluding carboxylic acids is 1. The quantitative estimate of drug-likeness (QED) is 0.731. The second kappa shape index (κ2) is 6.88. The Morgan fingerprint density at radius 2 is 2.08 bits per heavy atom. The van der Waals surface area contributed by atoms with E-state index in [-0.39, 0.29) is 17.2 Å². The van der Waals surface area contributed by atoms with Crippen molar-refractivity contribution in [2.24, 2.45) is 0 Å². The molecule has 1 aliphatic rings. The highest BCUT2D eigenvalue weighted by molar-refractivity contribution is 8.00. The first-order valence-corrected chi connectivity index (χ1v) is 9.45. The second-order valence-corrected chi connectivity index (χ2v) is 7.63. The lowest BCUT2D eigenvalue weighted by molar-refractivity contribution is -0.121. The third kappa shape index (κ3) is 3.26. The van der Waals surface area contributed by atoms with Crippen LogP contribution in [0.1, 0.15) is 36.9 Å². The summed E-state index contributed by atoms with van der Waals surface area (Å²) in [6, 6.07) is 14.3. The van der Waals surface area contributed by atoms with Gasteiger partial charge in [0.2, 0.25) is 5.91 Å². The maximum Gasteiger partial charge on any atom is 0.233 e. The van der Waals surface area contributed by atoms with Crippen molar-refractivity contribution >= 4 is 23.3 Å². The van der Waals surface area contributed by atoms with Crippen LogP contribution < -0.4 is 5.32 Å². The predicted molar refractivity (Wildman–Crippen MR) is 98.6 cm³/mol. The molecule has 2 heterocycles. The van der Waals surface area contributed by atoms with Crippen molar-refractivity contribution in [3.05, 3.63) is 59.8 Å². The van der Waals surface area contributed by atoms with E-state index in [1.165, 1.54) is 22.9 Å². The number of pyridine rings is 1. The molecule has 0 saturated carbocycles. The van der Waals surface area contributed by atoms with Crippen LogP contribution in [0.3, 0.4) is 0 Å².